The third-order valence-corrected chi connectivity index (χ3v) is 6.98. The van der Waals surface area contributed by atoms with E-state index in [1.54, 1.807) is 18.2 Å². The fourth-order valence-electron chi connectivity index (χ4n) is 4.80. The van der Waals surface area contributed by atoms with Gasteiger partial charge in [-0.25, -0.2) is 0 Å². The number of benzene rings is 1. The van der Waals surface area contributed by atoms with Gasteiger partial charge in [-0.2, -0.15) is 0 Å². The number of nitrogens with one attached hydrogen (secondary N) is 1. The number of ether oxygens (including phenoxy) is 3. The molecule has 1 aliphatic heterocycles. The topological polar surface area (TPSA) is 90.9 Å². The molecule has 0 unspecified atom stereocenters. The predicted molar refractivity (Wildman–Crippen MR) is 118 cm³/mol. The van der Waals surface area contributed by atoms with Gasteiger partial charge in [-0.15, -0.1) is 13.2 Å². The zero-order valence-corrected chi connectivity index (χ0v) is 19.7. The number of halogens is 4. The summed E-state index contributed by atoms with van der Waals surface area (Å²) < 4.78 is 51.4. The molecular formula is C24H27ClF3NO6. The van der Waals surface area contributed by atoms with Gasteiger partial charge >= 0.3 is 6.36 Å². The van der Waals surface area contributed by atoms with E-state index in [0.29, 0.717) is 35.6 Å². The fraction of sp³-hybridized carbons (Fsp3) is 0.625. The minimum Gasteiger partial charge on any atom is -0.481 e. The lowest BCUT2D eigenvalue weighted by molar-refractivity contribution is -0.357. The van der Waals surface area contributed by atoms with Crippen LogP contribution < -0.4 is 10.1 Å². The van der Waals surface area contributed by atoms with E-state index in [9.17, 15) is 27.6 Å². The Kier molecular flexibility index (Phi) is 8.02. The minimum atomic E-state index is -4.66. The van der Waals surface area contributed by atoms with Crippen molar-refractivity contribution in [1.29, 1.82) is 0 Å². The first-order chi connectivity index (χ1) is 16.6. The van der Waals surface area contributed by atoms with Crippen LogP contribution in [0.2, 0.25) is 5.02 Å². The van der Waals surface area contributed by atoms with E-state index in [4.69, 9.17) is 21.1 Å². The van der Waals surface area contributed by atoms with E-state index in [0.717, 1.165) is 12.8 Å². The van der Waals surface area contributed by atoms with Gasteiger partial charge in [0, 0.05) is 30.3 Å². The van der Waals surface area contributed by atoms with Crippen molar-refractivity contribution < 1.29 is 41.8 Å². The van der Waals surface area contributed by atoms with Crippen molar-refractivity contribution >= 4 is 29.1 Å². The standard InChI is InChI=1S/C24H27ClF3NO6/c25-14-3-6-21-18(8-14)19(30)11-22(34-21)20(31)7-13-1-4-15(5-2-13)29-23(32)12-33-16-9-17(10-16)35-24(26,27)28/h3,6,8,13,15-17,22H,1-2,4-5,7,9-12H2,(H,29,32)/t13?,15?,16?,17?,22-/m1/s1. The average molecular weight is 518 g/mol. The largest absolute Gasteiger partial charge is 0.522 e. The van der Waals surface area contributed by atoms with Crippen LogP contribution in [0.25, 0.3) is 0 Å². The second-order valence-corrected chi connectivity index (χ2v) is 9.86. The van der Waals surface area contributed by atoms with Crippen molar-refractivity contribution in [1.82, 2.24) is 5.32 Å². The van der Waals surface area contributed by atoms with Crippen molar-refractivity contribution in [2.45, 2.75) is 82.1 Å². The number of hydrogen-bond donors (Lipinski definition) is 1. The third kappa shape index (κ3) is 7.17. The molecule has 2 aliphatic carbocycles. The van der Waals surface area contributed by atoms with Gasteiger partial charge in [0.15, 0.2) is 17.7 Å². The van der Waals surface area contributed by atoms with Crippen LogP contribution in [0.15, 0.2) is 18.2 Å². The highest BCUT2D eigenvalue weighted by molar-refractivity contribution is 6.31. The van der Waals surface area contributed by atoms with Crippen LogP contribution in [0.3, 0.4) is 0 Å². The molecule has 4 rings (SSSR count). The second kappa shape index (κ2) is 10.8. The molecule has 0 bridgehead atoms. The Bertz CT molecular complexity index is 957. The Balaban J connectivity index is 1.13. The number of hydrogen-bond acceptors (Lipinski definition) is 6. The summed E-state index contributed by atoms with van der Waals surface area (Å²) in [5, 5.41) is 3.33. The van der Waals surface area contributed by atoms with E-state index < -0.39 is 24.7 Å². The molecule has 3 aliphatic rings. The summed E-state index contributed by atoms with van der Waals surface area (Å²) in [5.41, 5.74) is 0.397. The lowest BCUT2D eigenvalue weighted by Crippen LogP contribution is -2.44. The Hall–Kier alpha value is -2.17. The Morgan fingerprint density at radius 2 is 1.83 bits per heavy atom. The zero-order valence-electron chi connectivity index (χ0n) is 18.9. The Labute approximate surface area is 205 Å². The van der Waals surface area contributed by atoms with E-state index in [-0.39, 0.29) is 55.3 Å². The molecule has 0 radical (unpaired) electrons. The van der Waals surface area contributed by atoms with Crippen LogP contribution >= 0.6 is 11.6 Å². The molecule has 0 saturated heterocycles. The first-order valence-corrected chi connectivity index (χ1v) is 12.1. The van der Waals surface area contributed by atoms with Crippen molar-refractivity contribution in [3.8, 4) is 5.75 Å². The molecule has 1 atom stereocenters. The van der Waals surface area contributed by atoms with Gasteiger partial charge in [0.25, 0.3) is 0 Å². The average Bonchev–Trinajstić information content (AvgIpc) is 2.76. The zero-order chi connectivity index (χ0) is 25.2. The van der Waals surface area contributed by atoms with Crippen LogP contribution in [0, 0.1) is 5.92 Å². The van der Waals surface area contributed by atoms with Gasteiger partial charge in [-0.05, 0) is 49.8 Å². The quantitative estimate of drug-likeness (QED) is 0.550. The third-order valence-electron chi connectivity index (χ3n) is 6.74. The SMILES string of the molecule is O=C(COC1CC(OC(F)(F)F)C1)NC1CCC(CC(=O)[C@H]2CC(=O)c3cc(Cl)ccc3O2)CC1. The molecule has 2 fully saturated rings. The number of Topliss-reactive ketones (excluding diaryl/α,β-unsaturated/α-hetero) is 2. The van der Waals surface area contributed by atoms with Gasteiger partial charge in [0.2, 0.25) is 5.91 Å². The molecule has 1 aromatic rings. The van der Waals surface area contributed by atoms with Crippen molar-refractivity contribution in [3.05, 3.63) is 28.8 Å². The molecule has 1 aromatic carbocycles. The number of ketones is 2. The lowest BCUT2D eigenvalue weighted by Gasteiger charge is -2.35. The van der Waals surface area contributed by atoms with Gasteiger partial charge in [0.1, 0.15) is 12.4 Å². The van der Waals surface area contributed by atoms with Gasteiger partial charge in [-0.3, -0.25) is 19.1 Å². The molecule has 2 saturated carbocycles. The Morgan fingerprint density at radius 3 is 2.51 bits per heavy atom. The molecule has 1 heterocycles. The maximum atomic E-state index is 12.8. The molecule has 1 amide bonds. The van der Waals surface area contributed by atoms with Crippen molar-refractivity contribution in [3.63, 3.8) is 0 Å². The second-order valence-electron chi connectivity index (χ2n) is 9.42. The number of alkyl halides is 3. The summed E-state index contributed by atoms with van der Waals surface area (Å²) in [4.78, 5) is 37.3. The van der Waals surface area contributed by atoms with E-state index in [1.165, 1.54) is 0 Å². The van der Waals surface area contributed by atoms with E-state index >= 15 is 0 Å². The lowest BCUT2D eigenvalue weighted by atomic mass is 9.82. The van der Waals surface area contributed by atoms with Gasteiger partial charge in [-0.1, -0.05) is 11.6 Å². The number of rotatable bonds is 8. The molecular weight excluding hydrogens is 491 g/mol. The smallest absolute Gasteiger partial charge is 0.481 e. The fourth-order valence-corrected chi connectivity index (χ4v) is 4.98. The number of carbonyl (C=O) groups is 3. The van der Waals surface area contributed by atoms with Crippen LogP contribution in [0.4, 0.5) is 13.2 Å². The van der Waals surface area contributed by atoms with E-state index in [2.05, 4.69) is 10.1 Å². The highest BCUT2D eigenvalue weighted by atomic mass is 35.5. The normalized spacial score (nSPS) is 28.5. The summed E-state index contributed by atoms with van der Waals surface area (Å²) in [6.45, 7) is -0.207. The molecule has 192 valence electrons. The summed E-state index contributed by atoms with van der Waals surface area (Å²) in [5.74, 6) is -0.0440. The molecule has 35 heavy (non-hydrogen) atoms. The van der Waals surface area contributed by atoms with Crippen LogP contribution in [0.1, 0.15) is 61.7 Å². The highest BCUT2D eigenvalue weighted by Crippen LogP contribution is 2.34. The summed E-state index contributed by atoms with van der Waals surface area (Å²) >= 11 is 5.93. The number of amides is 1. The predicted octanol–water partition coefficient (Wildman–Crippen LogP) is 4.39. The molecule has 0 spiro atoms. The highest BCUT2D eigenvalue weighted by Gasteiger charge is 2.41. The Morgan fingerprint density at radius 1 is 1.11 bits per heavy atom. The monoisotopic (exact) mass is 517 g/mol. The maximum Gasteiger partial charge on any atom is 0.522 e. The molecule has 0 aromatic heterocycles. The number of carbonyl (C=O) groups excluding carboxylic acids is 3. The van der Waals surface area contributed by atoms with Crippen molar-refractivity contribution in [2.75, 3.05) is 6.61 Å². The van der Waals surface area contributed by atoms with Gasteiger partial charge < -0.3 is 14.8 Å². The summed E-state index contributed by atoms with van der Waals surface area (Å²) in [6.07, 6.45) is -3.30. The van der Waals surface area contributed by atoms with Crippen LogP contribution in [-0.4, -0.2) is 54.8 Å². The molecule has 11 heteroatoms. The van der Waals surface area contributed by atoms with Gasteiger partial charge in [0.05, 0.1) is 24.2 Å². The first kappa shape index (κ1) is 25.9. The van der Waals surface area contributed by atoms with E-state index in [1.807, 2.05) is 0 Å². The number of fused-ring (bicyclic) bond motifs is 1. The summed E-state index contributed by atoms with van der Waals surface area (Å²) in [7, 11) is 0. The summed E-state index contributed by atoms with van der Waals surface area (Å²) in [6, 6.07) is 4.73. The maximum absolute atomic E-state index is 12.8. The minimum absolute atomic E-state index is 0.00164. The first-order valence-electron chi connectivity index (χ1n) is 11.7. The molecule has 1 N–H and O–H groups in total. The van der Waals surface area contributed by atoms with Crippen LogP contribution in [-0.2, 0) is 19.1 Å². The van der Waals surface area contributed by atoms with Crippen molar-refractivity contribution in [2.24, 2.45) is 5.92 Å². The molecule has 7 nitrogen and oxygen atoms in total. The van der Waals surface area contributed by atoms with Crippen LogP contribution in [0.5, 0.6) is 5.75 Å².